The minimum absolute atomic E-state index is 1.26. The molecule has 0 amide bonds. The summed E-state index contributed by atoms with van der Waals surface area (Å²) in [7, 11) is 4.01. The lowest BCUT2D eigenvalue weighted by atomic mass is 10.2. The first-order valence-corrected chi connectivity index (χ1v) is 22.1. The molecule has 0 fully saturated rings. The van der Waals surface area contributed by atoms with E-state index in [2.05, 4.69) is 174 Å². The van der Waals surface area contributed by atoms with Gasteiger partial charge in [0.15, 0.2) is 0 Å². The van der Waals surface area contributed by atoms with Crippen LogP contribution in [0.5, 0.6) is 0 Å². The molecule has 0 aliphatic carbocycles. The van der Waals surface area contributed by atoms with Gasteiger partial charge in [0.25, 0.3) is 0 Å². The molecule has 5 heteroatoms. The van der Waals surface area contributed by atoms with Crippen molar-refractivity contribution in [2.24, 2.45) is 21.1 Å². The first-order chi connectivity index (χ1) is 21.2. The number of rotatable bonds is 8. The van der Waals surface area contributed by atoms with Crippen LogP contribution < -0.4 is 10.6 Å². The summed E-state index contributed by atoms with van der Waals surface area (Å²) in [6.45, 7) is 14.2. The summed E-state index contributed by atoms with van der Waals surface area (Å²) in [5, 5.41) is 7.37. The molecular formula is C39H55N3Si2. The fourth-order valence-corrected chi connectivity index (χ4v) is 15.2. The minimum Gasteiger partial charge on any atom is -0.352 e. The molecule has 0 aliphatic heterocycles. The lowest BCUT2D eigenvalue weighted by Crippen LogP contribution is -2.48. The van der Waals surface area contributed by atoms with Crippen molar-refractivity contribution in [1.82, 2.24) is 13.7 Å². The van der Waals surface area contributed by atoms with Crippen LogP contribution in [0.4, 0.5) is 0 Å². The Morgan fingerprint density at radius 3 is 1.11 bits per heavy atom. The summed E-state index contributed by atoms with van der Waals surface area (Å²) in [4.78, 5) is 0. The zero-order valence-corrected chi connectivity index (χ0v) is 30.8. The molecule has 0 N–H and O–H groups in total. The Kier molecular flexibility index (Phi) is 11.2. The van der Waals surface area contributed by atoms with E-state index in [4.69, 9.17) is 0 Å². The number of aryl methyl sites for hydroxylation is 3. The van der Waals surface area contributed by atoms with Gasteiger partial charge in [-0.25, -0.2) is 0 Å². The Morgan fingerprint density at radius 2 is 0.773 bits per heavy atom. The average Bonchev–Trinajstić information content (AvgIpc) is 3.74. The van der Waals surface area contributed by atoms with Crippen LogP contribution in [0.2, 0.25) is 36.3 Å². The molecule has 3 aromatic carbocycles. The van der Waals surface area contributed by atoms with Crippen LogP contribution in [0, 0.1) is 0 Å². The third-order valence-corrected chi connectivity index (χ3v) is 22.1. The van der Waals surface area contributed by atoms with Crippen LogP contribution in [0.15, 0.2) is 97.2 Å². The van der Waals surface area contributed by atoms with E-state index in [1.807, 2.05) is 0 Å². The maximum atomic E-state index is 2.44. The molecule has 0 atom stereocenters. The normalized spacial score (nSPS) is 11.8. The smallest absolute Gasteiger partial charge is 0.107 e. The van der Waals surface area contributed by atoms with E-state index < -0.39 is 16.1 Å². The minimum atomic E-state index is -1.26. The van der Waals surface area contributed by atoms with Crippen molar-refractivity contribution < 1.29 is 0 Å². The summed E-state index contributed by atoms with van der Waals surface area (Å²) in [5.74, 6) is 0. The highest BCUT2D eigenvalue weighted by Crippen LogP contribution is 2.25. The van der Waals surface area contributed by atoms with Crippen molar-refractivity contribution >= 4 is 59.5 Å². The SMILES string of the molecule is CC[Si](CC)(CC)c1cc2ccccc2n1C.CC[Si](CC)(CC)c1cc2ccccc2n1C.Cn1ccc2ccccc21. The van der Waals surface area contributed by atoms with Gasteiger partial charge in [-0.05, 0) is 52.6 Å². The van der Waals surface area contributed by atoms with Gasteiger partial charge in [0.05, 0.1) is 0 Å². The van der Waals surface area contributed by atoms with Crippen LogP contribution in [0.3, 0.4) is 0 Å². The number of benzene rings is 3. The van der Waals surface area contributed by atoms with Crippen molar-refractivity contribution in [2.75, 3.05) is 0 Å². The van der Waals surface area contributed by atoms with Gasteiger partial charge < -0.3 is 13.7 Å². The zero-order chi connectivity index (χ0) is 31.9. The molecule has 0 spiro atoms. The summed E-state index contributed by atoms with van der Waals surface area (Å²) in [6.07, 6.45) is 2.07. The van der Waals surface area contributed by atoms with Gasteiger partial charge in [-0.3, -0.25) is 0 Å². The van der Waals surface area contributed by atoms with Crippen LogP contribution in [-0.4, -0.2) is 29.8 Å². The van der Waals surface area contributed by atoms with Gasteiger partial charge >= 0.3 is 0 Å². The Hall–Kier alpha value is -3.29. The first-order valence-electron chi connectivity index (χ1n) is 16.8. The van der Waals surface area contributed by atoms with E-state index >= 15 is 0 Å². The molecule has 0 saturated heterocycles. The molecule has 6 aromatic rings. The summed E-state index contributed by atoms with van der Waals surface area (Å²) in [5.41, 5.74) is 4.06. The van der Waals surface area contributed by atoms with Gasteiger partial charge in [-0.15, -0.1) is 0 Å². The summed E-state index contributed by atoms with van der Waals surface area (Å²) >= 11 is 0. The number of hydrogen-bond donors (Lipinski definition) is 0. The monoisotopic (exact) mass is 621 g/mol. The second-order valence-corrected chi connectivity index (χ2v) is 22.9. The molecule has 3 aromatic heterocycles. The van der Waals surface area contributed by atoms with Crippen LogP contribution in [-0.2, 0) is 21.1 Å². The standard InChI is InChI=1S/2C15H23NSi.C9H9N/c2*1-5-17(6-2,7-3)15-12-13-10-8-9-11-14(13)16(15)4;1-10-7-6-8-4-2-3-5-9(8)10/h2*8-12H,5-7H2,1-4H3;2-7H,1H3. The zero-order valence-electron chi connectivity index (χ0n) is 28.8. The molecule has 0 aliphatic rings. The second-order valence-electron chi connectivity index (χ2n) is 12.5. The number of fused-ring (bicyclic) bond motifs is 3. The van der Waals surface area contributed by atoms with E-state index in [-0.39, 0.29) is 0 Å². The molecule has 0 saturated carbocycles. The molecule has 0 unspecified atom stereocenters. The molecule has 0 bridgehead atoms. The van der Waals surface area contributed by atoms with Gasteiger partial charge in [0.2, 0.25) is 0 Å². The number of nitrogens with zero attached hydrogens (tertiary/aromatic N) is 3. The highest BCUT2D eigenvalue weighted by Gasteiger charge is 2.33. The second kappa shape index (κ2) is 14.7. The third kappa shape index (κ3) is 6.41. The van der Waals surface area contributed by atoms with Crippen LogP contribution in [0.25, 0.3) is 32.7 Å². The van der Waals surface area contributed by atoms with E-state index in [0.29, 0.717) is 0 Å². The van der Waals surface area contributed by atoms with E-state index in [1.165, 1.54) is 69.0 Å². The van der Waals surface area contributed by atoms with Gasteiger partial charge in [-0.2, -0.15) is 0 Å². The predicted molar refractivity (Wildman–Crippen MR) is 202 cm³/mol. The largest absolute Gasteiger partial charge is 0.352 e. The van der Waals surface area contributed by atoms with Crippen molar-refractivity contribution in [1.29, 1.82) is 0 Å². The van der Waals surface area contributed by atoms with E-state index in [1.54, 1.807) is 10.6 Å². The number of aromatic nitrogens is 3. The van der Waals surface area contributed by atoms with Gasteiger partial charge in [0.1, 0.15) is 16.1 Å². The molecule has 3 nitrogen and oxygen atoms in total. The Bertz CT molecular complexity index is 1670. The maximum Gasteiger partial charge on any atom is 0.107 e. The van der Waals surface area contributed by atoms with Gasteiger partial charge in [0, 0.05) is 54.5 Å². The summed E-state index contributed by atoms with van der Waals surface area (Å²) in [6, 6.07) is 41.0. The first kappa shape index (κ1) is 33.6. The summed E-state index contributed by atoms with van der Waals surface area (Å²) < 4.78 is 7.01. The lowest BCUT2D eigenvalue weighted by molar-refractivity contribution is 0.969. The predicted octanol–water partition coefficient (Wildman–Crippen LogP) is 9.97. The Labute approximate surface area is 268 Å². The average molecular weight is 622 g/mol. The maximum absolute atomic E-state index is 2.44. The molecule has 6 rings (SSSR count). The quantitative estimate of drug-likeness (QED) is 0.150. The van der Waals surface area contributed by atoms with Crippen molar-refractivity contribution in [3.05, 3.63) is 97.2 Å². The van der Waals surface area contributed by atoms with Crippen molar-refractivity contribution in [3.8, 4) is 0 Å². The Morgan fingerprint density at radius 1 is 0.432 bits per heavy atom. The highest BCUT2D eigenvalue weighted by atomic mass is 28.3. The number of hydrogen-bond acceptors (Lipinski definition) is 0. The molecular weight excluding hydrogens is 567 g/mol. The molecule has 44 heavy (non-hydrogen) atoms. The lowest BCUT2D eigenvalue weighted by Gasteiger charge is -2.28. The Balaban J connectivity index is 0.000000156. The molecule has 3 heterocycles. The topological polar surface area (TPSA) is 14.8 Å². The molecule has 0 radical (unpaired) electrons. The third-order valence-electron chi connectivity index (χ3n) is 10.8. The van der Waals surface area contributed by atoms with Crippen molar-refractivity contribution in [3.63, 3.8) is 0 Å². The fraction of sp³-hybridized carbons (Fsp3) is 0.385. The fourth-order valence-electron chi connectivity index (χ4n) is 7.40. The van der Waals surface area contributed by atoms with Crippen molar-refractivity contribution in [2.45, 2.75) is 77.8 Å². The van der Waals surface area contributed by atoms with Crippen LogP contribution >= 0.6 is 0 Å². The van der Waals surface area contributed by atoms with E-state index in [0.717, 1.165) is 0 Å². The van der Waals surface area contributed by atoms with E-state index in [9.17, 15) is 0 Å². The van der Waals surface area contributed by atoms with Gasteiger partial charge in [-0.1, -0.05) is 132 Å². The highest BCUT2D eigenvalue weighted by molar-refractivity contribution is 6.92. The van der Waals surface area contributed by atoms with Crippen LogP contribution in [0.1, 0.15) is 41.5 Å². The number of para-hydroxylation sites is 3. The molecule has 234 valence electrons.